The Morgan fingerprint density at radius 1 is 1.31 bits per heavy atom. The van der Waals surface area contributed by atoms with E-state index in [4.69, 9.17) is 5.73 Å². The van der Waals surface area contributed by atoms with Gasteiger partial charge >= 0.3 is 0 Å². The highest BCUT2D eigenvalue weighted by atomic mass is 16.3. The van der Waals surface area contributed by atoms with E-state index >= 15 is 0 Å². The molecule has 1 aromatic rings. The maximum Gasteiger partial charge on any atom is 0.0941 e. The first-order valence-corrected chi connectivity index (χ1v) is 5.71. The maximum absolute atomic E-state index is 10.1. The molecule has 16 heavy (non-hydrogen) atoms. The first kappa shape index (κ1) is 13.2. The van der Waals surface area contributed by atoms with Gasteiger partial charge in [0, 0.05) is 6.04 Å². The van der Waals surface area contributed by atoms with Gasteiger partial charge in [-0.25, -0.2) is 0 Å². The van der Waals surface area contributed by atoms with Gasteiger partial charge in [-0.05, 0) is 50.6 Å². The number of rotatable bonds is 5. The van der Waals surface area contributed by atoms with Gasteiger partial charge in [-0.3, -0.25) is 0 Å². The van der Waals surface area contributed by atoms with Crippen LogP contribution in [0, 0.1) is 13.8 Å². The predicted octanol–water partition coefficient (Wildman–Crippen LogP) is 1.27. The van der Waals surface area contributed by atoms with Crippen LogP contribution in [0.5, 0.6) is 0 Å². The molecule has 0 saturated carbocycles. The van der Waals surface area contributed by atoms with E-state index in [0.29, 0.717) is 0 Å². The van der Waals surface area contributed by atoms with E-state index in [9.17, 15) is 5.11 Å². The quantitative estimate of drug-likeness (QED) is 0.703. The Hall–Kier alpha value is -0.900. The number of hydrogen-bond donors (Lipinski definition) is 3. The lowest BCUT2D eigenvalue weighted by atomic mass is 9.97. The second kappa shape index (κ2) is 5.99. The molecule has 1 aromatic carbocycles. The molecule has 4 N–H and O–H groups in total. The van der Waals surface area contributed by atoms with Crippen LogP contribution in [0.25, 0.3) is 0 Å². The summed E-state index contributed by atoms with van der Waals surface area (Å²) in [5.41, 5.74) is 9.27. The van der Waals surface area contributed by atoms with Gasteiger partial charge in [-0.15, -0.1) is 0 Å². The summed E-state index contributed by atoms with van der Waals surface area (Å²) in [7, 11) is 1.88. The molecule has 0 aliphatic carbocycles. The zero-order valence-electron chi connectivity index (χ0n) is 10.3. The van der Waals surface area contributed by atoms with Crippen molar-refractivity contribution < 1.29 is 5.11 Å². The summed E-state index contributed by atoms with van der Waals surface area (Å²) < 4.78 is 0. The van der Waals surface area contributed by atoms with Gasteiger partial charge in [-0.1, -0.05) is 18.2 Å². The molecular weight excluding hydrogens is 200 g/mol. The molecule has 90 valence electrons. The van der Waals surface area contributed by atoms with E-state index in [0.717, 1.165) is 18.5 Å². The summed E-state index contributed by atoms with van der Waals surface area (Å²) in [6.07, 6.45) is 0.192. The minimum atomic E-state index is -0.576. The van der Waals surface area contributed by atoms with Crippen molar-refractivity contribution in [3.63, 3.8) is 0 Å². The zero-order chi connectivity index (χ0) is 12.1. The molecule has 0 aromatic heterocycles. The SMILES string of the molecule is CNCCC(N)C(O)c1ccc(C)c(C)c1. The standard InChI is InChI=1S/C13H22N2O/c1-9-4-5-11(8-10(9)2)13(16)12(14)6-7-15-3/h4-5,8,12-13,15-16H,6-7,14H2,1-3H3. The Kier molecular flexibility index (Phi) is 4.93. The van der Waals surface area contributed by atoms with Crippen LogP contribution in [-0.2, 0) is 0 Å². The maximum atomic E-state index is 10.1. The van der Waals surface area contributed by atoms with Gasteiger partial charge in [0.1, 0.15) is 0 Å². The topological polar surface area (TPSA) is 58.3 Å². The number of nitrogens with one attached hydrogen (secondary N) is 1. The van der Waals surface area contributed by atoms with Crippen molar-refractivity contribution in [3.05, 3.63) is 34.9 Å². The van der Waals surface area contributed by atoms with E-state index < -0.39 is 6.10 Å². The molecule has 0 aliphatic heterocycles. The molecule has 0 saturated heterocycles. The van der Waals surface area contributed by atoms with Crippen molar-refractivity contribution in [3.8, 4) is 0 Å². The Morgan fingerprint density at radius 2 is 2.00 bits per heavy atom. The van der Waals surface area contributed by atoms with Gasteiger partial charge in [0.25, 0.3) is 0 Å². The molecule has 3 heteroatoms. The average molecular weight is 222 g/mol. The van der Waals surface area contributed by atoms with Crippen LogP contribution in [0.2, 0.25) is 0 Å². The normalized spacial score (nSPS) is 14.8. The highest BCUT2D eigenvalue weighted by Gasteiger charge is 2.16. The van der Waals surface area contributed by atoms with Crippen LogP contribution < -0.4 is 11.1 Å². The van der Waals surface area contributed by atoms with E-state index in [1.165, 1.54) is 11.1 Å². The van der Waals surface area contributed by atoms with Crippen LogP contribution in [0.4, 0.5) is 0 Å². The Balaban J connectivity index is 2.71. The fourth-order valence-electron chi connectivity index (χ4n) is 1.66. The van der Waals surface area contributed by atoms with Crippen molar-refractivity contribution in [2.75, 3.05) is 13.6 Å². The van der Waals surface area contributed by atoms with Crippen molar-refractivity contribution in [1.82, 2.24) is 5.32 Å². The monoisotopic (exact) mass is 222 g/mol. The molecule has 0 spiro atoms. The number of benzene rings is 1. The molecule has 2 atom stereocenters. The largest absolute Gasteiger partial charge is 0.387 e. The molecule has 0 aliphatic rings. The fraction of sp³-hybridized carbons (Fsp3) is 0.538. The van der Waals surface area contributed by atoms with Crippen LogP contribution in [-0.4, -0.2) is 24.7 Å². The summed E-state index contributed by atoms with van der Waals surface area (Å²) >= 11 is 0. The summed E-state index contributed by atoms with van der Waals surface area (Å²) in [6.45, 7) is 4.93. The first-order chi connectivity index (χ1) is 7.56. The third kappa shape index (κ3) is 3.30. The van der Waals surface area contributed by atoms with E-state index in [2.05, 4.69) is 12.2 Å². The Bertz CT molecular complexity index is 339. The first-order valence-electron chi connectivity index (χ1n) is 5.71. The molecule has 0 heterocycles. The third-order valence-electron chi connectivity index (χ3n) is 3.01. The summed E-state index contributed by atoms with van der Waals surface area (Å²) in [5, 5.41) is 13.1. The van der Waals surface area contributed by atoms with Crippen LogP contribution >= 0.6 is 0 Å². The van der Waals surface area contributed by atoms with Crippen molar-refractivity contribution in [2.24, 2.45) is 5.73 Å². The molecule has 0 fully saturated rings. The molecule has 2 unspecified atom stereocenters. The minimum absolute atomic E-state index is 0.213. The zero-order valence-corrected chi connectivity index (χ0v) is 10.3. The van der Waals surface area contributed by atoms with Gasteiger partial charge < -0.3 is 16.2 Å². The van der Waals surface area contributed by atoms with Crippen LogP contribution in [0.3, 0.4) is 0 Å². The Morgan fingerprint density at radius 3 is 2.56 bits per heavy atom. The van der Waals surface area contributed by atoms with E-state index in [1.807, 2.05) is 32.2 Å². The molecule has 3 nitrogen and oxygen atoms in total. The lowest BCUT2D eigenvalue weighted by Crippen LogP contribution is -2.31. The molecule has 0 amide bonds. The molecule has 1 rings (SSSR count). The third-order valence-corrected chi connectivity index (χ3v) is 3.01. The van der Waals surface area contributed by atoms with Gasteiger partial charge in [0.05, 0.1) is 6.10 Å². The van der Waals surface area contributed by atoms with Gasteiger partial charge in [0.2, 0.25) is 0 Å². The van der Waals surface area contributed by atoms with E-state index in [-0.39, 0.29) is 6.04 Å². The minimum Gasteiger partial charge on any atom is -0.387 e. The predicted molar refractivity (Wildman–Crippen MR) is 67.4 cm³/mol. The number of aliphatic hydroxyl groups excluding tert-OH is 1. The summed E-state index contributed by atoms with van der Waals surface area (Å²) in [5.74, 6) is 0. The number of aryl methyl sites for hydroxylation is 2. The smallest absolute Gasteiger partial charge is 0.0941 e. The highest BCUT2D eigenvalue weighted by Crippen LogP contribution is 2.20. The molecule has 0 bridgehead atoms. The number of nitrogens with two attached hydrogens (primary N) is 1. The summed E-state index contributed by atoms with van der Waals surface area (Å²) in [6, 6.07) is 5.78. The highest BCUT2D eigenvalue weighted by molar-refractivity contribution is 5.31. The second-order valence-electron chi connectivity index (χ2n) is 4.34. The number of aliphatic hydroxyl groups is 1. The summed E-state index contributed by atoms with van der Waals surface area (Å²) in [4.78, 5) is 0. The van der Waals surface area contributed by atoms with Crippen LogP contribution in [0.1, 0.15) is 29.2 Å². The van der Waals surface area contributed by atoms with Gasteiger partial charge in [-0.2, -0.15) is 0 Å². The molecular formula is C13H22N2O. The molecule has 0 radical (unpaired) electrons. The lowest BCUT2D eigenvalue weighted by Gasteiger charge is -2.19. The average Bonchev–Trinajstić information content (AvgIpc) is 2.28. The fourth-order valence-corrected chi connectivity index (χ4v) is 1.66. The Labute approximate surface area is 97.7 Å². The lowest BCUT2D eigenvalue weighted by molar-refractivity contribution is 0.142. The van der Waals surface area contributed by atoms with Gasteiger partial charge in [0.15, 0.2) is 0 Å². The number of hydrogen-bond acceptors (Lipinski definition) is 3. The van der Waals surface area contributed by atoms with E-state index in [1.54, 1.807) is 0 Å². The van der Waals surface area contributed by atoms with Crippen molar-refractivity contribution >= 4 is 0 Å². The van der Waals surface area contributed by atoms with Crippen molar-refractivity contribution in [1.29, 1.82) is 0 Å². The second-order valence-corrected chi connectivity index (χ2v) is 4.34. The van der Waals surface area contributed by atoms with Crippen LogP contribution in [0.15, 0.2) is 18.2 Å². The van der Waals surface area contributed by atoms with Crippen molar-refractivity contribution in [2.45, 2.75) is 32.4 Å².